The lowest BCUT2D eigenvalue weighted by molar-refractivity contribution is -0.137. The molecule has 2 heterocycles. The Morgan fingerprint density at radius 1 is 1.22 bits per heavy atom. The molecule has 1 unspecified atom stereocenters. The largest absolute Gasteiger partial charge is 0.484 e. The molecular weight excluding hydrogens is 434 g/mol. The summed E-state index contributed by atoms with van der Waals surface area (Å²) in [6, 6.07) is 14.9. The third kappa shape index (κ3) is 4.79. The van der Waals surface area contributed by atoms with Gasteiger partial charge in [0.15, 0.2) is 6.61 Å². The Labute approximate surface area is 185 Å². The van der Waals surface area contributed by atoms with E-state index in [1.807, 2.05) is 18.2 Å². The van der Waals surface area contributed by atoms with Gasteiger partial charge in [-0.3, -0.25) is 4.79 Å². The van der Waals surface area contributed by atoms with Crippen LogP contribution in [0.15, 0.2) is 64.0 Å². The van der Waals surface area contributed by atoms with Crippen molar-refractivity contribution in [2.45, 2.75) is 10.9 Å². The molecule has 1 amide bonds. The van der Waals surface area contributed by atoms with E-state index in [0.717, 1.165) is 0 Å². The maximum absolute atomic E-state index is 12.8. The van der Waals surface area contributed by atoms with E-state index in [-0.39, 0.29) is 17.4 Å². The molecule has 0 spiro atoms. The molecule has 1 atom stereocenters. The molecule has 168 valence electrons. The molecule has 10 nitrogen and oxygen atoms in total. The maximum Gasteiger partial charge on any atom is 0.261 e. The second-order valence-electron chi connectivity index (χ2n) is 7.10. The van der Waals surface area contributed by atoms with Crippen LogP contribution < -0.4 is 14.8 Å². The molecule has 1 aliphatic rings. The van der Waals surface area contributed by atoms with Crippen molar-refractivity contribution >= 4 is 15.9 Å². The predicted molar refractivity (Wildman–Crippen MR) is 115 cm³/mol. The van der Waals surface area contributed by atoms with E-state index in [1.165, 1.54) is 19.2 Å². The first-order chi connectivity index (χ1) is 15.5. The van der Waals surface area contributed by atoms with Crippen LogP contribution in [0, 0.1) is 0 Å². The fourth-order valence-corrected chi connectivity index (χ4v) is 4.09. The van der Waals surface area contributed by atoms with Crippen LogP contribution in [-0.2, 0) is 14.8 Å². The van der Waals surface area contributed by atoms with Crippen molar-refractivity contribution in [2.24, 2.45) is 0 Å². The fourth-order valence-electron chi connectivity index (χ4n) is 3.36. The maximum atomic E-state index is 12.8. The summed E-state index contributed by atoms with van der Waals surface area (Å²) in [6.45, 7) is 1.51. The number of nitrogens with zero attached hydrogens (tertiary/aromatic N) is 3. The summed E-state index contributed by atoms with van der Waals surface area (Å²) in [6.07, 6.45) is 0. The minimum absolute atomic E-state index is 0.0943. The van der Waals surface area contributed by atoms with E-state index in [4.69, 9.17) is 9.26 Å². The Kier molecular flexibility index (Phi) is 6.49. The highest BCUT2D eigenvalue weighted by atomic mass is 32.2. The number of hydrogen-bond acceptors (Lipinski definition) is 8. The van der Waals surface area contributed by atoms with Gasteiger partial charge in [-0.15, -0.1) is 0 Å². The van der Waals surface area contributed by atoms with E-state index in [9.17, 15) is 13.2 Å². The van der Waals surface area contributed by atoms with E-state index < -0.39 is 16.1 Å². The first-order valence-corrected chi connectivity index (χ1v) is 11.5. The first kappa shape index (κ1) is 21.9. The molecule has 0 aliphatic carbocycles. The molecule has 1 aliphatic heterocycles. The normalized spacial score (nSPS) is 16.7. The van der Waals surface area contributed by atoms with Gasteiger partial charge in [0.2, 0.25) is 15.8 Å². The summed E-state index contributed by atoms with van der Waals surface area (Å²) >= 11 is 0. The number of nitrogens with one attached hydrogen (secondary N) is 2. The first-order valence-electron chi connectivity index (χ1n) is 10.0. The minimum atomic E-state index is -3.53. The molecule has 0 radical (unpaired) electrons. The zero-order valence-corrected chi connectivity index (χ0v) is 18.2. The average Bonchev–Trinajstić information content (AvgIpc) is 3.33. The Morgan fingerprint density at radius 3 is 2.69 bits per heavy atom. The number of amides is 1. The number of sulfonamides is 1. The number of carbonyl (C=O) groups excluding carboxylic acids is 1. The van der Waals surface area contributed by atoms with Gasteiger partial charge >= 0.3 is 0 Å². The summed E-state index contributed by atoms with van der Waals surface area (Å²) in [5.41, 5.74) is 0.601. The van der Waals surface area contributed by atoms with Gasteiger partial charge in [0.1, 0.15) is 11.8 Å². The lowest BCUT2D eigenvalue weighted by Gasteiger charge is -2.33. The predicted octanol–water partition coefficient (Wildman–Crippen LogP) is 1.20. The van der Waals surface area contributed by atoms with Gasteiger partial charge in [0.25, 0.3) is 11.8 Å². The molecule has 2 aromatic carbocycles. The van der Waals surface area contributed by atoms with Crippen LogP contribution >= 0.6 is 0 Å². The molecule has 1 fully saturated rings. The van der Waals surface area contributed by atoms with Crippen molar-refractivity contribution in [2.75, 3.05) is 33.3 Å². The van der Waals surface area contributed by atoms with Crippen molar-refractivity contribution in [3.8, 4) is 17.1 Å². The molecule has 1 saturated heterocycles. The van der Waals surface area contributed by atoms with Crippen LogP contribution in [-0.4, -0.2) is 62.7 Å². The fraction of sp³-hybridized carbons (Fsp3) is 0.286. The molecule has 4 rings (SSSR count). The second-order valence-corrected chi connectivity index (χ2v) is 8.98. The zero-order valence-electron chi connectivity index (χ0n) is 17.4. The standard InChI is InChI=1S/C21H23N5O5S/c1-22-32(28,29)17-9-7-15(8-10-17)20-24-21(31-25-20)18-13-23-11-12-26(18)19(27)14-30-16-5-3-2-4-6-16/h2-10,18,22-23H,11-14H2,1H3. The van der Waals surface area contributed by atoms with Crippen LogP contribution in [0.4, 0.5) is 0 Å². The third-order valence-electron chi connectivity index (χ3n) is 5.09. The average molecular weight is 458 g/mol. The van der Waals surface area contributed by atoms with Crippen LogP contribution in [0.1, 0.15) is 11.9 Å². The van der Waals surface area contributed by atoms with Gasteiger partial charge in [-0.1, -0.05) is 23.4 Å². The quantitative estimate of drug-likeness (QED) is 0.542. The van der Waals surface area contributed by atoms with Gasteiger partial charge in [-0.25, -0.2) is 13.1 Å². The number of piperazine rings is 1. The van der Waals surface area contributed by atoms with Crippen molar-refractivity contribution in [1.29, 1.82) is 0 Å². The smallest absolute Gasteiger partial charge is 0.261 e. The SMILES string of the molecule is CNS(=O)(=O)c1ccc(-c2noc(C3CNCCN3C(=O)COc3ccccc3)n2)cc1. The molecule has 1 aromatic heterocycles. The topological polar surface area (TPSA) is 127 Å². The van der Waals surface area contributed by atoms with Crippen LogP contribution in [0.25, 0.3) is 11.4 Å². The van der Waals surface area contributed by atoms with Gasteiger partial charge in [-0.05, 0) is 43.4 Å². The Hall–Kier alpha value is -3.28. The number of hydrogen-bond donors (Lipinski definition) is 2. The van der Waals surface area contributed by atoms with Crippen molar-refractivity contribution in [1.82, 2.24) is 25.1 Å². The Morgan fingerprint density at radius 2 is 1.97 bits per heavy atom. The Balaban J connectivity index is 1.48. The van der Waals surface area contributed by atoms with E-state index >= 15 is 0 Å². The molecular formula is C21H23N5O5S. The monoisotopic (exact) mass is 457 g/mol. The summed E-state index contributed by atoms with van der Waals surface area (Å²) in [5.74, 6) is 1.05. The molecule has 0 saturated carbocycles. The lowest BCUT2D eigenvalue weighted by atomic mass is 10.2. The van der Waals surface area contributed by atoms with Crippen molar-refractivity contribution < 1.29 is 22.5 Å². The van der Waals surface area contributed by atoms with Gasteiger partial charge in [0.05, 0.1) is 4.90 Å². The second kappa shape index (κ2) is 9.47. The van der Waals surface area contributed by atoms with Gasteiger partial charge in [0, 0.05) is 25.2 Å². The van der Waals surface area contributed by atoms with E-state index in [0.29, 0.717) is 42.7 Å². The van der Waals surface area contributed by atoms with E-state index in [1.54, 1.807) is 29.2 Å². The lowest BCUT2D eigenvalue weighted by Crippen LogP contribution is -2.50. The number of ether oxygens (including phenoxy) is 1. The summed E-state index contributed by atoms with van der Waals surface area (Å²) in [5, 5.41) is 7.25. The number of carbonyl (C=O) groups is 1. The zero-order chi connectivity index (χ0) is 22.6. The minimum Gasteiger partial charge on any atom is -0.484 e. The number of para-hydroxylation sites is 1. The summed E-state index contributed by atoms with van der Waals surface area (Å²) in [7, 11) is -2.18. The van der Waals surface area contributed by atoms with Gasteiger partial charge < -0.3 is 19.5 Å². The molecule has 11 heteroatoms. The van der Waals surface area contributed by atoms with Gasteiger partial charge in [-0.2, -0.15) is 4.98 Å². The molecule has 0 bridgehead atoms. The van der Waals surface area contributed by atoms with Crippen LogP contribution in [0.5, 0.6) is 5.75 Å². The highest BCUT2D eigenvalue weighted by Gasteiger charge is 2.32. The number of rotatable bonds is 7. The third-order valence-corrected chi connectivity index (χ3v) is 6.52. The highest BCUT2D eigenvalue weighted by Crippen LogP contribution is 2.25. The number of benzene rings is 2. The van der Waals surface area contributed by atoms with Crippen LogP contribution in [0.3, 0.4) is 0 Å². The molecule has 2 N–H and O–H groups in total. The summed E-state index contributed by atoms with van der Waals surface area (Å²) in [4.78, 5) is 19.1. The molecule has 32 heavy (non-hydrogen) atoms. The summed E-state index contributed by atoms with van der Waals surface area (Å²) < 4.78 is 37.1. The van der Waals surface area contributed by atoms with Crippen molar-refractivity contribution in [3.05, 3.63) is 60.5 Å². The molecule has 3 aromatic rings. The van der Waals surface area contributed by atoms with Crippen molar-refractivity contribution in [3.63, 3.8) is 0 Å². The van der Waals surface area contributed by atoms with E-state index in [2.05, 4.69) is 20.2 Å². The Bertz CT molecular complexity index is 1160. The number of aromatic nitrogens is 2. The highest BCUT2D eigenvalue weighted by molar-refractivity contribution is 7.89. The van der Waals surface area contributed by atoms with Crippen LogP contribution in [0.2, 0.25) is 0 Å².